The monoisotopic (exact) mass is 366 g/mol. The summed E-state index contributed by atoms with van der Waals surface area (Å²) in [4.78, 5) is 19.1. The second kappa shape index (κ2) is 6.50. The summed E-state index contributed by atoms with van der Waals surface area (Å²) in [5.74, 6) is -0.752. The molecule has 0 fully saturated rings. The predicted molar refractivity (Wildman–Crippen MR) is 112 cm³/mol. The average Bonchev–Trinajstić information content (AvgIpc) is 3.34. The van der Waals surface area contributed by atoms with E-state index < -0.39 is 5.97 Å². The molecule has 0 amide bonds. The minimum atomic E-state index is -0.899. The number of aromatic carboxylic acids is 1. The Bertz CT molecular complexity index is 1240. The molecule has 5 rings (SSSR count). The average molecular weight is 366 g/mol. The molecule has 28 heavy (non-hydrogen) atoms. The fourth-order valence-corrected chi connectivity index (χ4v) is 3.87. The van der Waals surface area contributed by atoms with E-state index in [2.05, 4.69) is 52.4 Å². The molecule has 1 aliphatic rings. The lowest BCUT2D eigenvalue weighted by molar-refractivity contribution is 0.0696. The van der Waals surface area contributed by atoms with Crippen LogP contribution in [-0.4, -0.2) is 22.3 Å². The van der Waals surface area contributed by atoms with E-state index in [0.29, 0.717) is 5.56 Å². The molecule has 2 heterocycles. The van der Waals surface area contributed by atoms with E-state index >= 15 is 0 Å². The Morgan fingerprint density at radius 2 is 1.86 bits per heavy atom. The van der Waals surface area contributed by atoms with Crippen molar-refractivity contribution < 1.29 is 9.90 Å². The molecule has 0 spiro atoms. The molecule has 0 saturated heterocycles. The van der Waals surface area contributed by atoms with Gasteiger partial charge in [-0.05, 0) is 70.5 Å². The minimum absolute atomic E-state index is 0.146. The van der Waals surface area contributed by atoms with E-state index in [-0.39, 0.29) is 5.92 Å². The van der Waals surface area contributed by atoms with Gasteiger partial charge in [0.2, 0.25) is 0 Å². The van der Waals surface area contributed by atoms with Gasteiger partial charge < -0.3 is 10.1 Å². The number of benzene rings is 3. The smallest absolute Gasteiger partial charge is 0.335 e. The summed E-state index contributed by atoms with van der Waals surface area (Å²) in [6, 6.07) is 22.0. The van der Waals surface area contributed by atoms with Gasteiger partial charge in [0.15, 0.2) is 0 Å². The van der Waals surface area contributed by atoms with Gasteiger partial charge in [-0.1, -0.05) is 30.3 Å². The van der Waals surface area contributed by atoms with Crippen LogP contribution in [0.5, 0.6) is 0 Å². The molecule has 0 aliphatic carbocycles. The van der Waals surface area contributed by atoms with Crippen LogP contribution in [0.3, 0.4) is 0 Å². The Kier molecular flexibility index (Phi) is 3.83. The fraction of sp³-hybridized carbons (Fsp3) is 0.0833. The van der Waals surface area contributed by atoms with Crippen LogP contribution >= 0.6 is 0 Å². The number of nitrogens with one attached hydrogen (secondary N) is 1. The van der Waals surface area contributed by atoms with Crippen LogP contribution < -0.4 is 0 Å². The summed E-state index contributed by atoms with van der Waals surface area (Å²) >= 11 is 0. The normalized spacial score (nSPS) is 15.1. The van der Waals surface area contributed by atoms with Crippen molar-refractivity contribution in [2.24, 2.45) is 4.99 Å². The number of H-pyrrole nitrogens is 1. The molecule has 0 saturated carbocycles. The Hall–Kier alpha value is -3.66. The van der Waals surface area contributed by atoms with Gasteiger partial charge in [0.05, 0.1) is 11.3 Å². The zero-order chi connectivity index (χ0) is 19.1. The van der Waals surface area contributed by atoms with Crippen LogP contribution in [-0.2, 0) is 6.42 Å². The van der Waals surface area contributed by atoms with Gasteiger partial charge in [0.25, 0.3) is 0 Å². The first-order valence-electron chi connectivity index (χ1n) is 9.25. The summed E-state index contributed by atoms with van der Waals surface area (Å²) in [5.41, 5.74) is 6.94. The lowest BCUT2D eigenvalue weighted by Crippen LogP contribution is -2.03. The molecule has 0 bridgehead atoms. The summed E-state index contributed by atoms with van der Waals surface area (Å²) in [6.07, 6.45) is 4.65. The maximum Gasteiger partial charge on any atom is 0.335 e. The Balaban J connectivity index is 1.47. The number of fused-ring (bicyclic) bond motifs is 2. The first-order valence-corrected chi connectivity index (χ1v) is 9.25. The summed E-state index contributed by atoms with van der Waals surface area (Å²) in [6.45, 7) is 0. The van der Waals surface area contributed by atoms with E-state index in [0.717, 1.165) is 34.3 Å². The van der Waals surface area contributed by atoms with Crippen LogP contribution in [0.15, 0.2) is 77.9 Å². The summed E-state index contributed by atoms with van der Waals surface area (Å²) < 4.78 is 0. The quantitative estimate of drug-likeness (QED) is 0.495. The van der Waals surface area contributed by atoms with Gasteiger partial charge in [-0.15, -0.1) is 0 Å². The van der Waals surface area contributed by atoms with Crippen molar-refractivity contribution >= 4 is 28.8 Å². The third-order valence-corrected chi connectivity index (χ3v) is 5.34. The van der Waals surface area contributed by atoms with E-state index in [1.807, 2.05) is 18.5 Å². The second-order valence-electron chi connectivity index (χ2n) is 7.15. The van der Waals surface area contributed by atoms with E-state index in [9.17, 15) is 9.90 Å². The highest BCUT2D eigenvalue weighted by atomic mass is 16.4. The van der Waals surface area contributed by atoms with Gasteiger partial charge in [-0.2, -0.15) is 0 Å². The summed E-state index contributed by atoms with van der Waals surface area (Å²) in [7, 11) is 0. The van der Waals surface area contributed by atoms with E-state index in [1.165, 1.54) is 10.9 Å². The molecule has 4 aromatic rings. The Morgan fingerprint density at radius 1 is 1.00 bits per heavy atom. The highest BCUT2D eigenvalue weighted by Crippen LogP contribution is 2.37. The van der Waals surface area contributed by atoms with Crippen LogP contribution in [0, 0.1) is 0 Å². The van der Waals surface area contributed by atoms with Crippen molar-refractivity contribution in [1.82, 2.24) is 4.98 Å². The highest BCUT2D eigenvalue weighted by molar-refractivity contribution is 5.88. The van der Waals surface area contributed by atoms with Crippen LogP contribution in [0.25, 0.3) is 22.0 Å². The standard InChI is InChI=1S/C24H18N2O2/c27-24(28)19-3-1-2-15(10-19)11-20-14-26-22-7-6-17(12-21(20)22)18-5-4-16-8-9-25-23(16)13-18/h1-10,12-14,20,25H,11H2,(H,27,28). The fourth-order valence-electron chi connectivity index (χ4n) is 3.87. The third-order valence-electron chi connectivity index (χ3n) is 5.34. The first-order chi connectivity index (χ1) is 13.7. The van der Waals surface area contributed by atoms with Gasteiger partial charge >= 0.3 is 5.97 Å². The molecule has 1 unspecified atom stereocenters. The molecule has 1 atom stereocenters. The first kappa shape index (κ1) is 16.5. The number of aromatic amines is 1. The molecule has 136 valence electrons. The molecule has 1 aromatic heterocycles. The molecular weight excluding hydrogens is 348 g/mol. The lowest BCUT2D eigenvalue weighted by atomic mass is 9.91. The van der Waals surface area contributed by atoms with E-state index in [4.69, 9.17) is 0 Å². The predicted octanol–water partition coefficient (Wildman–Crippen LogP) is 5.58. The van der Waals surface area contributed by atoms with Crippen molar-refractivity contribution in [3.8, 4) is 11.1 Å². The molecule has 3 aromatic carbocycles. The van der Waals surface area contributed by atoms with Gasteiger partial charge in [0, 0.05) is 23.8 Å². The van der Waals surface area contributed by atoms with Crippen molar-refractivity contribution in [2.75, 3.05) is 0 Å². The van der Waals surface area contributed by atoms with Gasteiger partial charge in [-0.25, -0.2) is 4.79 Å². The SMILES string of the molecule is O=C(O)c1cccc(CC2C=Nc3ccc(-c4ccc5cc[nH]c5c4)cc32)c1. The number of aromatic nitrogens is 1. The van der Waals surface area contributed by atoms with Crippen molar-refractivity contribution in [1.29, 1.82) is 0 Å². The van der Waals surface area contributed by atoms with Crippen LogP contribution in [0.4, 0.5) is 5.69 Å². The van der Waals surface area contributed by atoms with Crippen LogP contribution in [0.1, 0.15) is 27.4 Å². The largest absolute Gasteiger partial charge is 0.478 e. The molecule has 4 heteroatoms. The van der Waals surface area contributed by atoms with Crippen LogP contribution in [0.2, 0.25) is 0 Å². The van der Waals surface area contributed by atoms with Crippen molar-refractivity contribution in [3.63, 3.8) is 0 Å². The maximum atomic E-state index is 11.2. The van der Waals surface area contributed by atoms with Gasteiger partial charge in [0.1, 0.15) is 0 Å². The number of aliphatic imine (C=N–C) groups is 1. The number of carboxylic acids is 1. The number of carbonyl (C=O) groups is 1. The number of carboxylic acid groups (broad SMARTS) is 1. The zero-order valence-electron chi connectivity index (χ0n) is 15.1. The third kappa shape index (κ3) is 2.89. The maximum absolute atomic E-state index is 11.2. The van der Waals surface area contributed by atoms with Crippen molar-refractivity contribution in [3.05, 3.63) is 89.6 Å². The molecule has 4 nitrogen and oxygen atoms in total. The second-order valence-corrected chi connectivity index (χ2v) is 7.15. The summed E-state index contributed by atoms with van der Waals surface area (Å²) in [5, 5.41) is 10.4. The van der Waals surface area contributed by atoms with E-state index in [1.54, 1.807) is 18.2 Å². The number of hydrogen-bond donors (Lipinski definition) is 2. The molecule has 1 aliphatic heterocycles. The molecular formula is C24H18N2O2. The minimum Gasteiger partial charge on any atom is -0.478 e. The van der Waals surface area contributed by atoms with Crippen molar-refractivity contribution in [2.45, 2.75) is 12.3 Å². The topological polar surface area (TPSA) is 65.4 Å². The molecule has 0 radical (unpaired) electrons. The lowest BCUT2D eigenvalue weighted by Gasteiger charge is -2.12. The number of nitrogens with zero attached hydrogens (tertiary/aromatic N) is 1. The molecule has 2 N–H and O–H groups in total. The highest BCUT2D eigenvalue weighted by Gasteiger charge is 2.20. The number of rotatable bonds is 4. The Morgan fingerprint density at radius 3 is 2.75 bits per heavy atom. The number of hydrogen-bond acceptors (Lipinski definition) is 2. The Labute approximate surface area is 162 Å². The van der Waals surface area contributed by atoms with Gasteiger partial charge in [-0.3, -0.25) is 4.99 Å². The zero-order valence-corrected chi connectivity index (χ0v) is 15.1.